The average molecular weight is 411 g/mol. The summed E-state index contributed by atoms with van der Waals surface area (Å²) in [6, 6.07) is 14.3. The number of hydrogen-bond donors (Lipinski definition) is 1. The number of nitrogens with one attached hydrogen (secondary N) is 1. The van der Waals surface area contributed by atoms with E-state index in [2.05, 4.69) is 25.2 Å². The lowest BCUT2D eigenvalue weighted by atomic mass is 10.3. The van der Waals surface area contributed by atoms with Gasteiger partial charge < -0.3 is 10.2 Å². The van der Waals surface area contributed by atoms with Gasteiger partial charge in [-0.25, -0.2) is 23.4 Å². The highest BCUT2D eigenvalue weighted by atomic mass is 32.2. The first-order chi connectivity index (χ1) is 14.0. The van der Waals surface area contributed by atoms with Crippen molar-refractivity contribution in [1.29, 1.82) is 0 Å². The van der Waals surface area contributed by atoms with Gasteiger partial charge in [0.05, 0.1) is 4.90 Å². The van der Waals surface area contributed by atoms with E-state index >= 15 is 0 Å². The van der Waals surface area contributed by atoms with E-state index in [9.17, 15) is 8.42 Å². The van der Waals surface area contributed by atoms with E-state index in [0.717, 1.165) is 11.4 Å². The summed E-state index contributed by atoms with van der Waals surface area (Å²) in [5.74, 6) is 2.12. The van der Waals surface area contributed by atoms with Crippen LogP contribution in [0.1, 0.15) is 5.56 Å². The predicted molar refractivity (Wildman–Crippen MR) is 112 cm³/mol. The number of aromatic nitrogens is 3. The second-order valence-corrected chi connectivity index (χ2v) is 8.75. The van der Waals surface area contributed by atoms with Crippen molar-refractivity contribution in [2.45, 2.75) is 11.8 Å². The highest BCUT2D eigenvalue weighted by Crippen LogP contribution is 2.22. The molecular formula is C20H22N6O2S. The summed E-state index contributed by atoms with van der Waals surface area (Å²) < 4.78 is 27.1. The Morgan fingerprint density at radius 2 is 1.62 bits per heavy atom. The second kappa shape index (κ2) is 8.14. The molecule has 3 aromatic rings. The smallest absolute Gasteiger partial charge is 0.243 e. The lowest BCUT2D eigenvalue weighted by Crippen LogP contribution is -2.48. The molecule has 1 aliphatic rings. The molecule has 29 heavy (non-hydrogen) atoms. The Bertz CT molecular complexity index is 1080. The highest BCUT2D eigenvalue weighted by molar-refractivity contribution is 7.89. The highest BCUT2D eigenvalue weighted by Gasteiger charge is 2.28. The molecule has 0 radical (unpaired) electrons. The van der Waals surface area contributed by atoms with Gasteiger partial charge in [-0.05, 0) is 36.8 Å². The number of sulfonamides is 1. The number of benzene rings is 1. The van der Waals surface area contributed by atoms with Crippen LogP contribution >= 0.6 is 0 Å². The molecule has 0 unspecified atom stereocenters. The van der Waals surface area contributed by atoms with E-state index in [4.69, 9.17) is 0 Å². The van der Waals surface area contributed by atoms with Gasteiger partial charge in [-0.15, -0.1) is 0 Å². The third-order valence-corrected chi connectivity index (χ3v) is 6.68. The Kier molecular flexibility index (Phi) is 5.41. The Morgan fingerprint density at radius 3 is 2.34 bits per heavy atom. The molecule has 1 fully saturated rings. The van der Waals surface area contributed by atoms with E-state index in [-0.39, 0.29) is 0 Å². The van der Waals surface area contributed by atoms with Crippen molar-refractivity contribution in [3.63, 3.8) is 0 Å². The van der Waals surface area contributed by atoms with Crippen LogP contribution in [0.3, 0.4) is 0 Å². The summed E-state index contributed by atoms with van der Waals surface area (Å²) >= 11 is 0. The topological polar surface area (TPSA) is 91.3 Å². The molecule has 0 atom stereocenters. The van der Waals surface area contributed by atoms with E-state index < -0.39 is 10.0 Å². The summed E-state index contributed by atoms with van der Waals surface area (Å²) in [4.78, 5) is 15.3. The molecule has 0 saturated carbocycles. The van der Waals surface area contributed by atoms with Crippen molar-refractivity contribution in [3.8, 4) is 0 Å². The van der Waals surface area contributed by atoms with Crippen molar-refractivity contribution in [2.24, 2.45) is 0 Å². The molecule has 1 aromatic carbocycles. The van der Waals surface area contributed by atoms with Gasteiger partial charge in [-0.2, -0.15) is 4.31 Å². The first-order valence-electron chi connectivity index (χ1n) is 9.34. The SMILES string of the molecule is Cc1ccnc(Nc2cc(N3CCN(S(=O)(=O)c4ccccc4)CC3)ncn2)c1. The molecule has 0 spiro atoms. The number of nitrogens with zero attached hydrogens (tertiary/aromatic N) is 5. The van der Waals surface area contributed by atoms with Crippen LogP contribution in [0.5, 0.6) is 0 Å². The van der Waals surface area contributed by atoms with Crippen molar-refractivity contribution >= 4 is 27.5 Å². The molecule has 1 N–H and O–H groups in total. The zero-order valence-corrected chi connectivity index (χ0v) is 16.9. The maximum absolute atomic E-state index is 12.8. The van der Waals surface area contributed by atoms with E-state index in [0.29, 0.717) is 42.7 Å². The molecule has 4 rings (SSSR count). The van der Waals surface area contributed by atoms with Crippen LogP contribution < -0.4 is 10.2 Å². The Balaban J connectivity index is 1.44. The molecule has 2 aromatic heterocycles. The van der Waals surface area contributed by atoms with Gasteiger partial charge in [0.25, 0.3) is 0 Å². The van der Waals surface area contributed by atoms with Crippen molar-refractivity contribution < 1.29 is 8.42 Å². The average Bonchev–Trinajstić information content (AvgIpc) is 2.75. The minimum Gasteiger partial charge on any atom is -0.354 e. The number of hydrogen-bond acceptors (Lipinski definition) is 7. The van der Waals surface area contributed by atoms with Crippen LogP contribution in [0.4, 0.5) is 17.5 Å². The molecule has 8 nitrogen and oxygen atoms in total. The fourth-order valence-corrected chi connectivity index (χ4v) is 4.67. The van der Waals surface area contributed by atoms with Crippen molar-refractivity contribution in [2.75, 3.05) is 36.4 Å². The molecule has 0 amide bonds. The van der Waals surface area contributed by atoms with Gasteiger partial charge in [0.2, 0.25) is 10.0 Å². The van der Waals surface area contributed by atoms with Crippen LogP contribution in [0.2, 0.25) is 0 Å². The molecular weight excluding hydrogens is 388 g/mol. The van der Waals surface area contributed by atoms with E-state index in [1.54, 1.807) is 30.5 Å². The van der Waals surface area contributed by atoms with Gasteiger partial charge in [-0.3, -0.25) is 0 Å². The number of piperazine rings is 1. The van der Waals surface area contributed by atoms with Gasteiger partial charge >= 0.3 is 0 Å². The first-order valence-corrected chi connectivity index (χ1v) is 10.8. The third-order valence-electron chi connectivity index (χ3n) is 4.77. The lowest BCUT2D eigenvalue weighted by molar-refractivity contribution is 0.384. The fourth-order valence-electron chi connectivity index (χ4n) is 3.22. The van der Waals surface area contributed by atoms with Crippen LogP contribution in [0.15, 0.2) is 66.0 Å². The quantitative estimate of drug-likeness (QED) is 0.691. The van der Waals surface area contributed by atoms with Crippen LogP contribution in [-0.4, -0.2) is 53.9 Å². The molecule has 9 heteroatoms. The molecule has 0 bridgehead atoms. The normalized spacial score (nSPS) is 15.3. The molecule has 0 aliphatic carbocycles. The molecule has 150 valence electrons. The first kappa shape index (κ1) is 19.3. The van der Waals surface area contributed by atoms with Crippen LogP contribution in [-0.2, 0) is 10.0 Å². The minimum absolute atomic E-state index is 0.327. The summed E-state index contributed by atoms with van der Waals surface area (Å²) in [6.45, 7) is 3.94. The number of rotatable bonds is 5. The van der Waals surface area contributed by atoms with Crippen LogP contribution in [0.25, 0.3) is 0 Å². The summed E-state index contributed by atoms with van der Waals surface area (Å²) in [5.41, 5.74) is 1.10. The number of pyridine rings is 1. The number of aryl methyl sites for hydroxylation is 1. The van der Waals surface area contributed by atoms with E-state index in [1.165, 1.54) is 10.6 Å². The third kappa shape index (κ3) is 4.36. The zero-order valence-electron chi connectivity index (χ0n) is 16.1. The number of anilines is 3. The Labute approximate surface area is 170 Å². The monoisotopic (exact) mass is 410 g/mol. The molecule has 1 saturated heterocycles. The summed E-state index contributed by atoms with van der Waals surface area (Å²) in [5, 5.41) is 3.18. The van der Waals surface area contributed by atoms with Gasteiger partial charge in [0.1, 0.15) is 23.8 Å². The Hall–Kier alpha value is -3.04. The molecule has 1 aliphatic heterocycles. The van der Waals surface area contributed by atoms with Gasteiger partial charge in [0, 0.05) is 38.4 Å². The maximum Gasteiger partial charge on any atom is 0.243 e. The van der Waals surface area contributed by atoms with Gasteiger partial charge in [-0.1, -0.05) is 18.2 Å². The van der Waals surface area contributed by atoms with Crippen molar-refractivity contribution in [3.05, 3.63) is 66.6 Å². The largest absolute Gasteiger partial charge is 0.354 e. The standard InChI is InChI=1S/C20H22N6O2S/c1-16-7-8-21-18(13-16)24-19-14-20(23-15-22-19)25-9-11-26(12-10-25)29(27,28)17-5-3-2-4-6-17/h2-8,13-15H,9-12H2,1H3,(H,21,22,23,24). The zero-order chi connectivity index (χ0) is 20.3. The van der Waals surface area contributed by atoms with Gasteiger partial charge in [0.15, 0.2) is 0 Å². The maximum atomic E-state index is 12.8. The van der Waals surface area contributed by atoms with Crippen molar-refractivity contribution in [1.82, 2.24) is 19.3 Å². The lowest BCUT2D eigenvalue weighted by Gasteiger charge is -2.34. The van der Waals surface area contributed by atoms with Crippen LogP contribution in [0, 0.1) is 6.92 Å². The second-order valence-electron chi connectivity index (χ2n) is 6.81. The fraction of sp³-hybridized carbons (Fsp3) is 0.250. The Morgan fingerprint density at radius 1 is 0.897 bits per heavy atom. The summed E-state index contributed by atoms with van der Waals surface area (Å²) in [7, 11) is -3.47. The minimum atomic E-state index is -3.47. The molecule has 3 heterocycles. The summed E-state index contributed by atoms with van der Waals surface area (Å²) in [6.07, 6.45) is 3.24. The van der Waals surface area contributed by atoms with E-state index in [1.807, 2.05) is 31.2 Å². The predicted octanol–water partition coefficient (Wildman–Crippen LogP) is 2.43.